The number of esters is 2. The van der Waals surface area contributed by atoms with Crippen molar-refractivity contribution < 1.29 is 54.2 Å². The Labute approximate surface area is 156 Å². The minimum Gasteiger partial charge on any atom is -0.462 e. The molecule has 0 aliphatic carbocycles. The molecule has 0 saturated carbocycles. The minimum atomic E-state index is -6.46. The summed E-state index contributed by atoms with van der Waals surface area (Å²) >= 11 is 0. The maximum absolute atomic E-state index is 13.2. The number of hydrogen-bond donors (Lipinski definition) is 0. The molecule has 166 valence electrons. The van der Waals surface area contributed by atoms with E-state index < -0.39 is 61.7 Å². The highest BCUT2D eigenvalue weighted by molar-refractivity contribution is 5.77. The quantitative estimate of drug-likeness (QED) is 0.352. The zero-order valence-corrected chi connectivity index (χ0v) is 15.6. The van der Waals surface area contributed by atoms with Crippen molar-refractivity contribution in [3.8, 4) is 0 Å². The molecule has 0 rings (SSSR count). The van der Waals surface area contributed by atoms with E-state index >= 15 is 0 Å². The zero-order valence-electron chi connectivity index (χ0n) is 15.6. The molecular weight excluding hydrogens is 408 g/mol. The average molecular weight is 430 g/mol. The van der Waals surface area contributed by atoms with Crippen LogP contribution < -0.4 is 0 Å². The third kappa shape index (κ3) is 6.47. The second-order valence-corrected chi connectivity index (χ2v) is 6.81. The SMILES string of the molecule is CC(C)C(OC(=O)CCC(=O)OCC(F)(F)C(F)(F)C(F)(F)C(F)F)C(C)C. The van der Waals surface area contributed by atoms with Gasteiger partial charge in [0.25, 0.3) is 0 Å². The van der Waals surface area contributed by atoms with Gasteiger partial charge >= 0.3 is 36.1 Å². The third-order valence-corrected chi connectivity index (χ3v) is 3.68. The monoisotopic (exact) mass is 430 g/mol. The average Bonchev–Trinajstić information content (AvgIpc) is 2.54. The summed E-state index contributed by atoms with van der Waals surface area (Å²) in [6.45, 7) is 4.51. The number of hydrogen-bond acceptors (Lipinski definition) is 4. The Kier molecular flexibility index (Phi) is 9.16. The van der Waals surface area contributed by atoms with Gasteiger partial charge in [0.2, 0.25) is 0 Å². The van der Waals surface area contributed by atoms with Crippen LogP contribution in [0.2, 0.25) is 0 Å². The molecule has 28 heavy (non-hydrogen) atoms. The lowest BCUT2D eigenvalue weighted by atomic mass is 9.96. The van der Waals surface area contributed by atoms with Crippen LogP contribution in [0.1, 0.15) is 40.5 Å². The molecule has 0 N–H and O–H groups in total. The second-order valence-electron chi connectivity index (χ2n) is 6.81. The Morgan fingerprint density at radius 3 is 1.64 bits per heavy atom. The van der Waals surface area contributed by atoms with Crippen molar-refractivity contribution in [2.24, 2.45) is 11.8 Å². The van der Waals surface area contributed by atoms with Crippen LogP contribution in [0.25, 0.3) is 0 Å². The van der Waals surface area contributed by atoms with Crippen molar-refractivity contribution in [1.82, 2.24) is 0 Å². The van der Waals surface area contributed by atoms with Gasteiger partial charge in [-0.05, 0) is 11.8 Å². The first-order chi connectivity index (χ1) is 12.5. The molecule has 0 atom stereocenters. The van der Waals surface area contributed by atoms with E-state index in [4.69, 9.17) is 4.74 Å². The van der Waals surface area contributed by atoms with Crippen LogP contribution in [0.15, 0.2) is 0 Å². The Morgan fingerprint density at radius 1 is 0.821 bits per heavy atom. The van der Waals surface area contributed by atoms with E-state index in [-0.39, 0.29) is 11.8 Å². The first-order valence-electron chi connectivity index (χ1n) is 8.24. The molecule has 0 bridgehead atoms. The summed E-state index contributed by atoms with van der Waals surface area (Å²) in [7, 11) is 0. The van der Waals surface area contributed by atoms with E-state index in [0.717, 1.165) is 0 Å². The van der Waals surface area contributed by atoms with Gasteiger partial charge in [0.05, 0.1) is 12.8 Å². The van der Waals surface area contributed by atoms with Crippen LogP contribution in [0, 0.1) is 11.8 Å². The van der Waals surface area contributed by atoms with Crippen molar-refractivity contribution in [2.45, 2.75) is 70.8 Å². The molecule has 12 heteroatoms. The third-order valence-electron chi connectivity index (χ3n) is 3.68. The van der Waals surface area contributed by atoms with Gasteiger partial charge in [0, 0.05) is 0 Å². The van der Waals surface area contributed by atoms with Crippen molar-refractivity contribution >= 4 is 11.9 Å². The number of carbonyl (C=O) groups is 2. The highest BCUT2D eigenvalue weighted by Gasteiger charge is 2.75. The largest absolute Gasteiger partial charge is 0.462 e. The van der Waals surface area contributed by atoms with E-state index in [9.17, 15) is 44.7 Å². The second kappa shape index (κ2) is 9.73. The Balaban J connectivity index is 4.72. The van der Waals surface area contributed by atoms with Gasteiger partial charge in [0.1, 0.15) is 6.10 Å². The van der Waals surface area contributed by atoms with Crippen LogP contribution in [0.5, 0.6) is 0 Å². The van der Waals surface area contributed by atoms with Gasteiger partial charge in [0.15, 0.2) is 6.61 Å². The predicted molar refractivity (Wildman–Crippen MR) is 80.6 cm³/mol. The van der Waals surface area contributed by atoms with Crippen LogP contribution in [0.3, 0.4) is 0 Å². The lowest BCUT2D eigenvalue weighted by Gasteiger charge is -2.31. The van der Waals surface area contributed by atoms with Crippen LogP contribution >= 0.6 is 0 Å². The number of alkyl halides is 8. The first-order valence-corrected chi connectivity index (χ1v) is 8.24. The van der Waals surface area contributed by atoms with Gasteiger partial charge < -0.3 is 9.47 Å². The summed E-state index contributed by atoms with van der Waals surface area (Å²) in [4.78, 5) is 23.0. The normalized spacial score (nSPS) is 13.6. The summed E-state index contributed by atoms with van der Waals surface area (Å²) in [6, 6.07) is 0. The summed E-state index contributed by atoms with van der Waals surface area (Å²) in [6.07, 6.45) is -7.05. The lowest BCUT2D eigenvalue weighted by molar-refractivity contribution is -0.344. The molecule has 0 amide bonds. The summed E-state index contributed by atoms with van der Waals surface area (Å²) in [5.74, 6) is -21.2. The maximum Gasteiger partial charge on any atom is 0.381 e. The molecule has 0 heterocycles. The first kappa shape index (κ1) is 26.4. The van der Waals surface area contributed by atoms with Crippen molar-refractivity contribution in [3.63, 3.8) is 0 Å². The molecule has 0 radical (unpaired) electrons. The molecule has 4 nitrogen and oxygen atoms in total. The molecule has 0 aliphatic heterocycles. The molecule has 0 aliphatic rings. The van der Waals surface area contributed by atoms with E-state index in [1.807, 2.05) is 0 Å². The van der Waals surface area contributed by atoms with Gasteiger partial charge in [-0.1, -0.05) is 27.7 Å². The Morgan fingerprint density at radius 2 is 1.25 bits per heavy atom. The standard InChI is InChI=1S/C16H22F8O4/c1-8(2)12(9(3)4)28-11(26)6-5-10(25)27-7-14(19,20)16(23,24)15(21,22)13(17)18/h8-9,12-13H,5-7H2,1-4H3. The fraction of sp³-hybridized carbons (Fsp3) is 0.875. The smallest absolute Gasteiger partial charge is 0.381 e. The summed E-state index contributed by atoms with van der Waals surface area (Å²) in [5.41, 5.74) is 0. The van der Waals surface area contributed by atoms with Crippen LogP contribution in [-0.2, 0) is 19.1 Å². The van der Waals surface area contributed by atoms with Crippen molar-refractivity contribution in [2.75, 3.05) is 6.61 Å². The molecule has 0 aromatic rings. The van der Waals surface area contributed by atoms with Crippen LogP contribution in [0.4, 0.5) is 35.1 Å². The Hall–Kier alpha value is -1.62. The van der Waals surface area contributed by atoms with Gasteiger partial charge in [-0.25, -0.2) is 8.78 Å². The van der Waals surface area contributed by atoms with E-state index in [1.54, 1.807) is 27.7 Å². The van der Waals surface area contributed by atoms with Crippen molar-refractivity contribution in [1.29, 1.82) is 0 Å². The highest BCUT2D eigenvalue weighted by atomic mass is 19.4. The van der Waals surface area contributed by atoms with E-state index in [0.29, 0.717) is 0 Å². The molecule has 0 aromatic heterocycles. The minimum absolute atomic E-state index is 0.0617. The van der Waals surface area contributed by atoms with Gasteiger partial charge in [-0.15, -0.1) is 0 Å². The molecule has 0 fully saturated rings. The van der Waals surface area contributed by atoms with Gasteiger partial charge in [-0.2, -0.15) is 26.3 Å². The fourth-order valence-corrected chi connectivity index (χ4v) is 2.17. The molecular formula is C16H22F8O4. The number of halogens is 8. The number of rotatable bonds is 11. The number of ether oxygens (including phenoxy) is 2. The summed E-state index contributed by atoms with van der Waals surface area (Å²) < 4.78 is 111. The topological polar surface area (TPSA) is 52.6 Å². The van der Waals surface area contributed by atoms with Crippen LogP contribution in [-0.4, -0.2) is 48.8 Å². The predicted octanol–water partition coefficient (Wildman–Crippen LogP) is 4.70. The maximum atomic E-state index is 13.2. The van der Waals surface area contributed by atoms with Crippen molar-refractivity contribution in [3.05, 3.63) is 0 Å². The number of carbonyl (C=O) groups excluding carboxylic acids is 2. The Bertz CT molecular complexity index is 527. The lowest BCUT2D eigenvalue weighted by Crippen LogP contribution is -2.59. The fourth-order valence-electron chi connectivity index (χ4n) is 2.17. The molecule has 0 saturated heterocycles. The van der Waals surface area contributed by atoms with E-state index in [2.05, 4.69) is 4.74 Å². The zero-order chi connectivity index (χ0) is 22.5. The van der Waals surface area contributed by atoms with Gasteiger partial charge in [-0.3, -0.25) is 9.59 Å². The highest BCUT2D eigenvalue weighted by Crippen LogP contribution is 2.48. The summed E-state index contributed by atoms with van der Waals surface area (Å²) in [5, 5.41) is 0. The molecule has 0 unspecified atom stereocenters. The molecule has 0 aromatic carbocycles. The molecule has 0 spiro atoms. The van der Waals surface area contributed by atoms with E-state index in [1.165, 1.54) is 0 Å².